The zero-order valence-corrected chi connectivity index (χ0v) is 10.8. The maximum absolute atomic E-state index is 12.0. The second kappa shape index (κ2) is 4.49. The predicted octanol–water partition coefficient (Wildman–Crippen LogP) is 1.81. The fourth-order valence-corrected chi connectivity index (χ4v) is 2.27. The van der Waals surface area contributed by atoms with Crippen LogP contribution in [0.3, 0.4) is 0 Å². The lowest BCUT2D eigenvalue weighted by atomic mass is 10.1. The Morgan fingerprint density at radius 2 is 2.12 bits per heavy atom. The third-order valence-electron chi connectivity index (χ3n) is 2.84. The van der Waals surface area contributed by atoms with Gasteiger partial charge in [-0.1, -0.05) is 34.1 Å². The van der Waals surface area contributed by atoms with E-state index >= 15 is 0 Å². The number of carbonyl (C=O) groups is 2. The Balaban J connectivity index is 2.44. The number of carboxylic acids is 1. The van der Waals surface area contributed by atoms with E-state index in [0.717, 1.165) is 5.56 Å². The first kappa shape index (κ1) is 12.1. The Kier molecular flexibility index (Phi) is 3.19. The van der Waals surface area contributed by atoms with Crippen LogP contribution in [0, 0.1) is 0 Å². The monoisotopic (exact) mass is 297 g/mol. The molecule has 0 unspecified atom stereocenters. The smallest absolute Gasteiger partial charge is 0.327 e. The van der Waals surface area contributed by atoms with Crippen molar-refractivity contribution in [3.8, 4) is 0 Å². The minimum atomic E-state index is -0.970. The molecule has 0 aliphatic carbocycles. The van der Waals surface area contributed by atoms with Crippen molar-refractivity contribution in [1.82, 2.24) is 0 Å². The number of carbonyl (C=O) groups excluding carboxylic acids is 1. The van der Waals surface area contributed by atoms with Crippen LogP contribution in [0.25, 0.3) is 0 Å². The fourth-order valence-electron chi connectivity index (χ4n) is 2.05. The van der Waals surface area contributed by atoms with E-state index in [1.807, 2.05) is 18.2 Å². The highest BCUT2D eigenvalue weighted by atomic mass is 79.9. The number of benzene rings is 1. The summed E-state index contributed by atoms with van der Waals surface area (Å²) in [6.07, 6.45) is 0.372. The second-order valence-electron chi connectivity index (χ2n) is 4.01. The van der Waals surface area contributed by atoms with Crippen molar-refractivity contribution in [1.29, 1.82) is 0 Å². The van der Waals surface area contributed by atoms with Crippen molar-refractivity contribution in [2.45, 2.75) is 24.2 Å². The lowest BCUT2D eigenvalue weighted by Crippen LogP contribution is -2.45. The van der Waals surface area contributed by atoms with Gasteiger partial charge in [0.1, 0.15) is 6.04 Å². The standard InChI is InChI=1S/C12H12BrNO3/c1-7(13)11(15)14-9-5-3-2-4-8(9)6-10(14)12(16)17/h2-5,7,10H,6H2,1H3,(H,16,17)/t7-,10+/m1/s1. The van der Waals surface area contributed by atoms with Gasteiger partial charge in [0.15, 0.2) is 0 Å². The van der Waals surface area contributed by atoms with Crippen LogP contribution >= 0.6 is 15.9 Å². The summed E-state index contributed by atoms with van der Waals surface area (Å²) in [5.74, 6) is -1.19. The topological polar surface area (TPSA) is 57.6 Å². The minimum absolute atomic E-state index is 0.220. The van der Waals surface area contributed by atoms with Gasteiger partial charge >= 0.3 is 5.97 Å². The molecule has 1 aliphatic heterocycles. The molecule has 0 bridgehead atoms. The fraction of sp³-hybridized carbons (Fsp3) is 0.333. The van der Waals surface area contributed by atoms with Crippen LogP contribution < -0.4 is 4.90 Å². The van der Waals surface area contributed by atoms with Crippen molar-refractivity contribution >= 4 is 33.5 Å². The SMILES string of the molecule is C[C@@H](Br)C(=O)N1c2ccccc2C[C@H]1C(=O)O. The van der Waals surface area contributed by atoms with Gasteiger partial charge in [0.25, 0.3) is 0 Å². The van der Waals surface area contributed by atoms with Crippen molar-refractivity contribution in [2.75, 3.05) is 4.90 Å². The van der Waals surface area contributed by atoms with Gasteiger partial charge in [-0.15, -0.1) is 0 Å². The Bertz CT molecular complexity index is 473. The minimum Gasteiger partial charge on any atom is -0.480 e. The lowest BCUT2D eigenvalue weighted by Gasteiger charge is -2.23. The first-order valence-electron chi connectivity index (χ1n) is 5.30. The van der Waals surface area contributed by atoms with Crippen LogP contribution in [0.2, 0.25) is 0 Å². The van der Waals surface area contributed by atoms with Crippen molar-refractivity contribution in [3.05, 3.63) is 29.8 Å². The zero-order chi connectivity index (χ0) is 12.6. The molecule has 1 amide bonds. The Hall–Kier alpha value is -1.36. The van der Waals surface area contributed by atoms with E-state index in [1.54, 1.807) is 13.0 Å². The summed E-state index contributed by atoms with van der Waals surface area (Å²) >= 11 is 3.19. The predicted molar refractivity (Wildman–Crippen MR) is 67.4 cm³/mol. The highest BCUT2D eigenvalue weighted by molar-refractivity contribution is 9.10. The summed E-state index contributed by atoms with van der Waals surface area (Å²) < 4.78 is 0. The maximum atomic E-state index is 12.0. The van der Waals surface area contributed by atoms with Crippen LogP contribution in [0.4, 0.5) is 5.69 Å². The molecule has 0 radical (unpaired) electrons. The van der Waals surface area contributed by atoms with E-state index in [1.165, 1.54) is 4.90 Å². The number of carboxylic acid groups (broad SMARTS) is 1. The molecule has 0 saturated heterocycles. The van der Waals surface area contributed by atoms with Gasteiger partial charge in [-0.3, -0.25) is 9.69 Å². The largest absolute Gasteiger partial charge is 0.480 e. The molecular formula is C12H12BrNO3. The van der Waals surface area contributed by atoms with Gasteiger partial charge in [-0.2, -0.15) is 0 Å². The molecule has 1 aromatic carbocycles. The molecule has 1 heterocycles. The molecule has 17 heavy (non-hydrogen) atoms. The van der Waals surface area contributed by atoms with E-state index in [9.17, 15) is 14.7 Å². The molecule has 1 N–H and O–H groups in total. The van der Waals surface area contributed by atoms with Crippen LogP contribution in [-0.4, -0.2) is 27.9 Å². The number of hydrogen-bond acceptors (Lipinski definition) is 2. The first-order chi connectivity index (χ1) is 8.02. The average Bonchev–Trinajstić information content (AvgIpc) is 2.67. The molecule has 2 rings (SSSR count). The summed E-state index contributed by atoms with van der Waals surface area (Å²) in [5, 5.41) is 9.18. The summed E-state index contributed by atoms with van der Waals surface area (Å²) in [5.41, 5.74) is 1.61. The molecule has 0 saturated carbocycles. The van der Waals surface area contributed by atoms with Crippen LogP contribution in [-0.2, 0) is 16.0 Å². The van der Waals surface area contributed by atoms with Gasteiger partial charge in [-0.25, -0.2) is 4.79 Å². The van der Waals surface area contributed by atoms with Gasteiger partial charge in [-0.05, 0) is 18.6 Å². The highest BCUT2D eigenvalue weighted by Gasteiger charge is 2.39. The van der Waals surface area contributed by atoms with Crippen LogP contribution in [0.15, 0.2) is 24.3 Å². The third-order valence-corrected chi connectivity index (χ3v) is 3.23. The molecule has 1 aromatic rings. The first-order valence-corrected chi connectivity index (χ1v) is 6.22. The Morgan fingerprint density at radius 1 is 1.47 bits per heavy atom. The van der Waals surface area contributed by atoms with E-state index < -0.39 is 16.8 Å². The summed E-state index contributed by atoms with van der Waals surface area (Å²) in [6, 6.07) is 6.51. The highest BCUT2D eigenvalue weighted by Crippen LogP contribution is 2.33. The molecule has 2 atom stereocenters. The van der Waals surface area contributed by atoms with Crippen molar-refractivity contribution < 1.29 is 14.7 Å². The molecular weight excluding hydrogens is 286 g/mol. The lowest BCUT2D eigenvalue weighted by molar-refractivity contribution is -0.139. The van der Waals surface area contributed by atoms with Gasteiger partial charge in [0.2, 0.25) is 5.91 Å². The number of halogens is 1. The number of anilines is 1. The van der Waals surface area contributed by atoms with E-state index in [0.29, 0.717) is 12.1 Å². The van der Waals surface area contributed by atoms with E-state index in [4.69, 9.17) is 0 Å². The van der Waals surface area contributed by atoms with Crippen molar-refractivity contribution in [3.63, 3.8) is 0 Å². The normalized spacial score (nSPS) is 19.9. The quantitative estimate of drug-likeness (QED) is 0.847. The van der Waals surface area contributed by atoms with Crippen LogP contribution in [0.5, 0.6) is 0 Å². The van der Waals surface area contributed by atoms with Gasteiger partial charge < -0.3 is 5.11 Å². The Morgan fingerprint density at radius 3 is 2.71 bits per heavy atom. The summed E-state index contributed by atoms with van der Waals surface area (Å²) in [6.45, 7) is 1.70. The van der Waals surface area contributed by atoms with Gasteiger partial charge in [0.05, 0.1) is 4.83 Å². The average molecular weight is 298 g/mol. The number of nitrogens with zero attached hydrogens (tertiary/aromatic N) is 1. The summed E-state index contributed by atoms with van der Waals surface area (Å²) in [4.78, 5) is 24.2. The molecule has 5 heteroatoms. The number of hydrogen-bond donors (Lipinski definition) is 1. The molecule has 0 fully saturated rings. The van der Waals surface area contributed by atoms with Crippen LogP contribution in [0.1, 0.15) is 12.5 Å². The third kappa shape index (κ3) is 2.07. The number of para-hydroxylation sites is 1. The number of fused-ring (bicyclic) bond motifs is 1. The summed E-state index contributed by atoms with van der Waals surface area (Å²) in [7, 11) is 0. The van der Waals surface area contributed by atoms with Gasteiger partial charge in [0, 0.05) is 12.1 Å². The zero-order valence-electron chi connectivity index (χ0n) is 9.26. The number of rotatable bonds is 2. The van der Waals surface area contributed by atoms with E-state index in [-0.39, 0.29) is 5.91 Å². The molecule has 0 aromatic heterocycles. The number of alkyl halides is 1. The molecule has 90 valence electrons. The number of amides is 1. The Labute approximate surface area is 107 Å². The molecule has 4 nitrogen and oxygen atoms in total. The van der Waals surface area contributed by atoms with E-state index in [2.05, 4.69) is 15.9 Å². The maximum Gasteiger partial charge on any atom is 0.327 e. The second-order valence-corrected chi connectivity index (χ2v) is 5.38. The molecule has 0 spiro atoms. The van der Waals surface area contributed by atoms with Crippen molar-refractivity contribution in [2.24, 2.45) is 0 Å². The molecule has 1 aliphatic rings. The number of aliphatic carboxylic acids is 1.